The second-order valence-electron chi connectivity index (χ2n) is 4.88. The number of halogens is 6. The number of amides is 1. The quantitative estimate of drug-likeness (QED) is 0.494. The van der Waals surface area contributed by atoms with Crippen molar-refractivity contribution in [3.8, 4) is 0 Å². The van der Waals surface area contributed by atoms with E-state index < -0.39 is 30.1 Å². The third-order valence-corrected chi connectivity index (χ3v) is 4.09. The van der Waals surface area contributed by atoms with E-state index in [0.717, 1.165) is 23.1 Å². The molecule has 2 rings (SSSR count). The van der Waals surface area contributed by atoms with Crippen LogP contribution in [0, 0.1) is 3.57 Å². The van der Waals surface area contributed by atoms with Crippen LogP contribution in [0.3, 0.4) is 0 Å². The zero-order valence-electron chi connectivity index (χ0n) is 10.7. The van der Waals surface area contributed by atoms with Crippen molar-refractivity contribution < 1.29 is 26.7 Å². The van der Waals surface area contributed by atoms with E-state index in [1.54, 1.807) is 0 Å². The van der Waals surface area contributed by atoms with Crippen LogP contribution in [0.2, 0.25) is 0 Å². The van der Waals surface area contributed by atoms with Gasteiger partial charge < -0.3 is 4.90 Å². The lowest BCUT2D eigenvalue weighted by Gasteiger charge is -2.32. The molecule has 1 aromatic rings. The fourth-order valence-electron chi connectivity index (χ4n) is 2.20. The molecule has 1 aromatic carbocycles. The lowest BCUT2D eigenvalue weighted by atomic mass is 10.1. The Labute approximate surface area is 131 Å². The van der Waals surface area contributed by atoms with Crippen molar-refractivity contribution >= 4 is 28.5 Å². The molecule has 21 heavy (non-hydrogen) atoms. The van der Waals surface area contributed by atoms with Gasteiger partial charge in [-0.1, -0.05) is 0 Å². The molecule has 1 heterocycles. The Kier molecular flexibility index (Phi) is 4.46. The van der Waals surface area contributed by atoms with Crippen molar-refractivity contribution in [2.45, 2.75) is 24.9 Å². The summed E-state index contributed by atoms with van der Waals surface area (Å²) < 4.78 is 64.4. The molecule has 0 atom stereocenters. The molecular formula is C13H11F5INO. The summed E-state index contributed by atoms with van der Waals surface area (Å²) in [7, 11) is 0. The second-order valence-corrected chi connectivity index (χ2v) is 6.04. The number of nitrogens with zero attached hydrogens (tertiary/aromatic N) is 1. The van der Waals surface area contributed by atoms with Crippen LogP contribution in [-0.4, -0.2) is 29.8 Å². The molecule has 2 nitrogen and oxygen atoms in total. The van der Waals surface area contributed by atoms with Crippen molar-refractivity contribution in [2.24, 2.45) is 0 Å². The van der Waals surface area contributed by atoms with Crippen LogP contribution in [0.15, 0.2) is 18.2 Å². The van der Waals surface area contributed by atoms with Crippen LogP contribution in [-0.2, 0) is 6.18 Å². The van der Waals surface area contributed by atoms with Crippen LogP contribution in [0.5, 0.6) is 0 Å². The van der Waals surface area contributed by atoms with Crippen LogP contribution in [0.25, 0.3) is 0 Å². The monoisotopic (exact) mass is 419 g/mol. The maximum Gasteiger partial charge on any atom is 0.417 e. The van der Waals surface area contributed by atoms with Gasteiger partial charge in [-0.15, -0.1) is 0 Å². The largest absolute Gasteiger partial charge is 0.417 e. The van der Waals surface area contributed by atoms with Crippen LogP contribution in [0.1, 0.15) is 28.8 Å². The summed E-state index contributed by atoms with van der Waals surface area (Å²) in [6.07, 6.45) is -4.60. The molecule has 0 bridgehead atoms. The predicted octanol–water partition coefficient (Wildman–Crippen LogP) is 4.18. The Morgan fingerprint density at radius 2 is 1.95 bits per heavy atom. The first-order valence-electron chi connectivity index (χ1n) is 6.14. The normalized spacial score (nSPS) is 18.7. The topological polar surface area (TPSA) is 20.3 Å². The number of rotatable bonds is 1. The average molecular weight is 419 g/mol. The van der Waals surface area contributed by atoms with Crippen molar-refractivity contribution in [1.82, 2.24) is 4.90 Å². The summed E-state index contributed by atoms with van der Waals surface area (Å²) >= 11 is 1.48. The fraction of sp³-hybridized carbons (Fsp3) is 0.462. The molecule has 1 fully saturated rings. The second kappa shape index (κ2) is 5.69. The molecule has 0 saturated carbocycles. The summed E-state index contributed by atoms with van der Waals surface area (Å²) in [6.45, 7) is -0.505. The van der Waals surface area contributed by atoms with Crippen LogP contribution >= 0.6 is 22.6 Å². The van der Waals surface area contributed by atoms with Gasteiger partial charge in [0, 0.05) is 22.1 Å². The number of benzene rings is 1. The fourth-order valence-corrected chi connectivity index (χ4v) is 3.02. The summed E-state index contributed by atoms with van der Waals surface area (Å²) in [4.78, 5) is 13.1. The van der Waals surface area contributed by atoms with Gasteiger partial charge in [0.05, 0.1) is 12.1 Å². The summed E-state index contributed by atoms with van der Waals surface area (Å²) in [6, 6.07) is 2.91. The van der Waals surface area contributed by atoms with E-state index in [-0.39, 0.29) is 28.5 Å². The van der Waals surface area contributed by atoms with E-state index in [9.17, 15) is 26.7 Å². The Balaban J connectivity index is 2.22. The maximum atomic E-state index is 13.3. The van der Waals surface area contributed by atoms with Crippen LogP contribution in [0.4, 0.5) is 22.0 Å². The lowest BCUT2D eigenvalue weighted by Crippen LogP contribution is -2.45. The number of hydrogen-bond acceptors (Lipinski definition) is 1. The smallest absolute Gasteiger partial charge is 0.333 e. The van der Waals surface area contributed by atoms with E-state index in [1.807, 2.05) is 0 Å². The number of alkyl halides is 5. The van der Waals surface area contributed by atoms with Gasteiger partial charge in [0.1, 0.15) is 0 Å². The van der Waals surface area contributed by atoms with Crippen molar-refractivity contribution in [2.75, 3.05) is 13.1 Å². The minimum Gasteiger partial charge on any atom is -0.333 e. The molecule has 8 heteroatoms. The van der Waals surface area contributed by atoms with Gasteiger partial charge in [-0.05, 0) is 47.2 Å². The van der Waals surface area contributed by atoms with Crippen LogP contribution < -0.4 is 0 Å². The van der Waals surface area contributed by atoms with Gasteiger partial charge in [-0.25, -0.2) is 8.78 Å². The first kappa shape index (κ1) is 16.4. The van der Waals surface area contributed by atoms with Crippen molar-refractivity contribution in [3.05, 3.63) is 32.9 Å². The Bertz CT molecular complexity index is 558. The molecule has 1 aliphatic rings. The zero-order valence-corrected chi connectivity index (χ0v) is 12.8. The molecule has 0 radical (unpaired) electrons. The Hall–Kier alpha value is -0.930. The predicted molar refractivity (Wildman–Crippen MR) is 74.2 cm³/mol. The van der Waals surface area contributed by atoms with Gasteiger partial charge in [-0.3, -0.25) is 4.79 Å². The minimum absolute atomic E-state index is 0.00917. The van der Waals surface area contributed by atoms with E-state index in [0.29, 0.717) is 0 Å². The Morgan fingerprint density at radius 1 is 1.29 bits per heavy atom. The highest BCUT2D eigenvalue weighted by molar-refractivity contribution is 14.1. The molecule has 1 aliphatic heterocycles. The third kappa shape index (κ3) is 3.83. The number of carbonyl (C=O) groups excluding carboxylic acids is 1. The molecule has 1 amide bonds. The highest BCUT2D eigenvalue weighted by Gasteiger charge is 2.38. The number of piperidine rings is 1. The highest BCUT2D eigenvalue weighted by atomic mass is 127. The number of carbonyl (C=O) groups is 1. The minimum atomic E-state index is -4.50. The van der Waals surface area contributed by atoms with E-state index in [1.165, 1.54) is 22.6 Å². The van der Waals surface area contributed by atoms with Gasteiger partial charge in [0.15, 0.2) is 0 Å². The maximum absolute atomic E-state index is 13.3. The van der Waals surface area contributed by atoms with E-state index in [4.69, 9.17) is 0 Å². The van der Waals surface area contributed by atoms with E-state index in [2.05, 4.69) is 0 Å². The van der Waals surface area contributed by atoms with Gasteiger partial charge in [0.25, 0.3) is 11.8 Å². The molecule has 0 aliphatic carbocycles. The molecule has 0 unspecified atom stereocenters. The number of likely N-dealkylation sites (tertiary alicyclic amines) is 1. The average Bonchev–Trinajstić information content (AvgIpc) is 2.35. The number of hydrogen-bond donors (Lipinski definition) is 0. The summed E-state index contributed by atoms with van der Waals surface area (Å²) in [5.74, 6) is -3.60. The highest BCUT2D eigenvalue weighted by Crippen LogP contribution is 2.34. The SMILES string of the molecule is O=C(c1ccc(C(F)(F)F)c(I)c1)N1CCCC(F)(F)C1. The van der Waals surface area contributed by atoms with Gasteiger partial charge in [0.2, 0.25) is 0 Å². The third-order valence-electron chi connectivity index (χ3n) is 3.20. The first-order chi connectivity index (χ1) is 9.60. The van der Waals surface area contributed by atoms with Gasteiger partial charge >= 0.3 is 6.18 Å². The molecule has 116 valence electrons. The molecular weight excluding hydrogens is 408 g/mol. The van der Waals surface area contributed by atoms with E-state index >= 15 is 0 Å². The standard InChI is InChI=1S/C13H11F5INO/c14-12(15)4-1-5-20(7-12)11(21)8-2-3-9(10(19)6-8)13(16,17)18/h2-3,6H,1,4-5,7H2. The molecule has 0 N–H and O–H groups in total. The summed E-state index contributed by atoms with van der Waals surface area (Å²) in [5.41, 5.74) is -0.853. The molecule has 1 saturated heterocycles. The van der Waals surface area contributed by atoms with Gasteiger partial charge in [-0.2, -0.15) is 13.2 Å². The van der Waals surface area contributed by atoms with Crippen molar-refractivity contribution in [1.29, 1.82) is 0 Å². The lowest BCUT2D eigenvalue weighted by molar-refractivity contribution is -0.138. The zero-order chi connectivity index (χ0) is 15.8. The molecule has 0 spiro atoms. The molecule has 0 aromatic heterocycles. The Morgan fingerprint density at radius 3 is 2.48 bits per heavy atom. The summed E-state index contributed by atoms with van der Waals surface area (Å²) in [5, 5.41) is 0. The first-order valence-corrected chi connectivity index (χ1v) is 7.22. The van der Waals surface area contributed by atoms with Crippen molar-refractivity contribution in [3.63, 3.8) is 0 Å².